The summed E-state index contributed by atoms with van der Waals surface area (Å²) in [5.74, 6) is -1.00. The van der Waals surface area contributed by atoms with Crippen molar-refractivity contribution in [3.8, 4) is 17.1 Å². The van der Waals surface area contributed by atoms with Crippen LogP contribution >= 0.6 is 0 Å². The van der Waals surface area contributed by atoms with Crippen molar-refractivity contribution >= 4 is 5.97 Å². The molecule has 0 spiro atoms. The topological polar surface area (TPSA) is 72.3 Å². The second-order valence-corrected chi connectivity index (χ2v) is 3.51. The summed E-state index contributed by atoms with van der Waals surface area (Å²) in [4.78, 5) is 19.5. The minimum atomic E-state index is -0.630. The Morgan fingerprint density at radius 1 is 1.28 bits per heavy atom. The van der Waals surface area contributed by atoms with E-state index < -0.39 is 5.97 Å². The van der Waals surface area contributed by atoms with E-state index in [9.17, 15) is 9.90 Å². The zero-order valence-corrected chi connectivity index (χ0v) is 9.83. The molecular formula is C13H12N2O3. The van der Waals surface area contributed by atoms with Gasteiger partial charge in [0.2, 0.25) is 5.88 Å². The van der Waals surface area contributed by atoms with Crippen molar-refractivity contribution in [3.63, 3.8) is 0 Å². The quantitative estimate of drug-likeness (QED) is 0.836. The summed E-state index contributed by atoms with van der Waals surface area (Å²) >= 11 is 0. The molecule has 1 aromatic carbocycles. The van der Waals surface area contributed by atoms with Crippen LogP contribution in [0.3, 0.4) is 0 Å². The zero-order valence-electron chi connectivity index (χ0n) is 9.83. The van der Waals surface area contributed by atoms with E-state index in [1.165, 1.54) is 6.33 Å². The lowest BCUT2D eigenvalue weighted by atomic mass is 10.1. The van der Waals surface area contributed by atoms with Gasteiger partial charge in [-0.25, -0.2) is 14.8 Å². The third-order valence-electron chi connectivity index (χ3n) is 2.35. The lowest BCUT2D eigenvalue weighted by molar-refractivity contribution is 0.0522. The minimum Gasteiger partial charge on any atom is -0.493 e. The molecular weight excluding hydrogens is 232 g/mol. The van der Waals surface area contributed by atoms with E-state index in [1.54, 1.807) is 19.1 Å². The Balaban J connectivity index is 2.55. The Morgan fingerprint density at radius 2 is 2.00 bits per heavy atom. The van der Waals surface area contributed by atoms with Crippen LogP contribution in [0, 0.1) is 0 Å². The Labute approximate surface area is 104 Å². The van der Waals surface area contributed by atoms with E-state index in [1.807, 2.05) is 18.2 Å². The molecule has 0 aliphatic carbocycles. The highest BCUT2D eigenvalue weighted by Crippen LogP contribution is 2.26. The number of hydrogen-bond donors (Lipinski definition) is 1. The van der Waals surface area contributed by atoms with Crippen LogP contribution in [0.1, 0.15) is 17.3 Å². The molecule has 5 nitrogen and oxygen atoms in total. The highest BCUT2D eigenvalue weighted by atomic mass is 16.5. The first-order chi connectivity index (χ1) is 8.74. The highest BCUT2D eigenvalue weighted by Gasteiger charge is 2.20. The van der Waals surface area contributed by atoms with E-state index in [-0.39, 0.29) is 18.1 Å². The molecule has 1 N–H and O–H groups in total. The van der Waals surface area contributed by atoms with Gasteiger partial charge in [0, 0.05) is 5.56 Å². The molecule has 92 valence electrons. The fraction of sp³-hybridized carbons (Fsp3) is 0.154. The van der Waals surface area contributed by atoms with Crippen LogP contribution in [0.15, 0.2) is 36.7 Å². The zero-order chi connectivity index (χ0) is 13.0. The van der Waals surface area contributed by atoms with Crippen LogP contribution < -0.4 is 0 Å². The van der Waals surface area contributed by atoms with Gasteiger partial charge >= 0.3 is 5.97 Å². The van der Waals surface area contributed by atoms with E-state index >= 15 is 0 Å². The normalized spacial score (nSPS) is 10.1. The van der Waals surface area contributed by atoms with Crippen LogP contribution in [-0.4, -0.2) is 27.7 Å². The van der Waals surface area contributed by atoms with Crippen molar-refractivity contribution < 1.29 is 14.6 Å². The van der Waals surface area contributed by atoms with Crippen molar-refractivity contribution in [2.24, 2.45) is 0 Å². The molecule has 0 aliphatic rings. The first kappa shape index (κ1) is 12.0. The fourth-order valence-corrected chi connectivity index (χ4v) is 1.58. The van der Waals surface area contributed by atoms with E-state index in [4.69, 9.17) is 4.74 Å². The first-order valence-electron chi connectivity index (χ1n) is 5.50. The summed E-state index contributed by atoms with van der Waals surface area (Å²) in [7, 11) is 0. The van der Waals surface area contributed by atoms with Gasteiger partial charge in [0.25, 0.3) is 0 Å². The fourth-order valence-electron chi connectivity index (χ4n) is 1.58. The largest absolute Gasteiger partial charge is 0.493 e. The Morgan fingerprint density at radius 3 is 2.67 bits per heavy atom. The van der Waals surface area contributed by atoms with Gasteiger partial charge in [-0.15, -0.1) is 0 Å². The number of benzene rings is 1. The monoisotopic (exact) mass is 244 g/mol. The van der Waals surface area contributed by atoms with Gasteiger partial charge in [0.1, 0.15) is 11.9 Å². The van der Waals surface area contributed by atoms with Crippen molar-refractivity contribution in [2.45, 2.75) is 6.92 Å². The van der Waals surface area contributed by atoms with Crippen LogP contribution in [0.4, 0.5) is 0 Å². The Kier molecular flexibility index (Phi) is 3.52. The Bertz CT molecular complexity index is 555. The molecule has 0 unspecified atom stereocenters. The van der Waals surface area contributed by atoms with Crippen molar-refractivity contribution in [3.05, 3.63) is 42.2 Å². The molecule has 0 bridgehead atoms. The molecule has 0 amide bonds. The summed E-state index contributed by atoms with van der Waals surface area (Å²) < 4.78 is 4.89. The van der Waals surface area contributed by atoms with Crippen molar-refractivity contribution in [1.82, 2.24) is 9.97 Å². The second kappa shape index (κ2) is 5.27. The van der Waals surface area contributed by atoms with E-state index in [2.05, 4.69) is 9.97 Å². The van der Waals surface area contributed by atoms with Crippen molar-refractivity contribution in [1.29, 1.82) is 0 Å². The predicted molar refractivity (Wildman–Crippen MR) is 65.1 cm³/mol. The molecule has 0 atom stereocenters. The smallest absolute Gasteiger partial charge is 0.345 e. The van der Waals surface area contributed by atoms with Gasteiger partial charge < -0.3 is 9.84 Å². The number of esters is 1. The minimum absolute atomic E-state index is 0.00875. The van der Waals surface area contributed by atoms with Gasteiger partial charge in [0.15, 0.2) is 0 Å². The SMILES string of the molecule is CCOC(=O)c1c(O)ncnc1-c1ccccc1. The maximum atomic E-state index is 11.8. The standard InChI is InChI=1S/C13H12N2O3/c1-2-18-13(17)10-11(14-8-15-12(10)16)9-6-4-3-5-7-9/h3-8H,2H2,1H3,(H,14,15,16). The summed E-state index contributed by atoms with van der Waals surface area (Å²) in [5, 5.41) is 9.70. The van der Waals surface area contributed by atoms with Crippen LogP contribution in [0.25, 0.3) is 11.3 Å². The maximum absolute atomic E-state index is 11.8. The molecule has 2 aromatic rings. The third kappa shape index (κ3) is 2.29. The van der Waals surface area contributed by atoms with Gasteiger partial charge in [-0.05, 0) is 6.92 Å². The molecule has 1 aromatic heterocycles. The summed E-state index contributed by atoms with van der Waals surface area (Å²) in [6.45, 7) is 1.92. The van der Waals surface area contributed by atoms with E-state index in [0.29, 0.717) is 5.69 Å². The molecule has 0 fully saturated rings. The molecule has 0 saturated heterocycles. The maximum Gasteiger partial charge on any atom is 0.345 e. The van der Waals surface area contributed by atoms with Gasteiger partial charge in [-0.3, -0.25) is 0 Å². The number of ether oxygens (including phenoxy) is 1. The van der Waals surface area contributed by atoms with Crippen LogP contribution in [-0.2, 0) is 4.74 Å². The third-order valence-corrected chi connectivity index (χ3v) is 2.35. The number of carbonyl (C=O) groups is 1. The number of nitrogens with zero attached hydrogens (tertiary/aromatic N) is 2. The Hall–Kier alpha value is -2.43. The first-order valence-corrected chi connectivity index (χ1v) is 5.50. The number of hydrogen-bond acceptors (Lipinski definition) is 5. The lowest BCUT2D eigenvalue weighted by Gasteiger charge is -2.08. The van der Waals surface area contributed by atoms with Gasteiger partial charge in [0.05, 0.1) is 12.3 Å². The van der Waals surface area contributed by atoms with E-state index in [0.717, 1.165) is 5.56 Å². The molecule has 0 aliphatic heterocycles. The number of rotatable bonds is 3. The van der Waals surface area contributed by atoms with Gasteiger partial charge in [-0.2, -0.15) is 0 Å². The van der Waals surface area contributed by atoms with Crippen molar-refractivity contribution in [2.75, 3.05) is 6.61 Å². The molecule has 0 radical (unpaired) electrons. The lowest BCUT2D eigenvalue weighted by Crippen LogP contribution is -2.09. The summed E-state index contributed by atoms with van der Waals surface area (Å²) in [5.41, 5.74) is 1.07. The second-order valence-electron chi connectivity index (χ2n) is 3.51. The highest BCUT2D eigenvalue weighted by molar-refractivity contribution is 5.98. The molecule has 5 heteroatoms. The number of aromatic nitrogens is 2. The average Bonchev–Trinajstić information content (AvgIpc) is 2.39. The number of carbonyl (C=O) groups excluding carboxylic acids is 1. The number of aromatic hydroxyl groups is 1. The van der Waals surface area contributed by atoms with Gasteiger partial charge in [-0.1, -0.05) is 30.3 Å². The molecule has 0 saturated carbocycles. The summed E-state index contributed by atoms with van der Waals surface area (Å²) in [6, 6.07) is 9.09. The predicted octanol–water partition coefficient (Wildman–Crippen LogP) is 2.03. The van der Waals surface area contributed by atoms with Crippen LogP contribution in [0.2, 0.25) is 0 Å². The van der Waals surface area contributed by atoms with Crippen LogP contribution in [0.5, 0.6) is 5.88 Å². The molecule has 1 heterocycles. The molecule has 2 rings (SSSR count). The molecule has 18 heavy (non-hydrogen) atoms. The average molecular weight is 244 g/mol. The summed E-state index contributed by atoms with van der Waals surface area (Å²) in [6.07, 6.45) is 1.21.